The molecule has 0 saturated carbocycles. The predicted molar refractivity (Wildman–Crippen MR) is 98.5 cm³/mol. The number of nitrogens with one attached hydrogen (secondary N) is 1. The minimum Gasteiger partial charge on any atom is -0.332 e. The average Bonchev–Trinajstić information content (AvgIpc) is 2.49. The number of carbonyl (C=O) groups excluding carboxylic acids is 2. The highest BCUT2D eigenvalue weighted by molar-refractivity contribution is 6.39. The van der Waals surface area contributed by atoms with Crippen molar-refractivity contribution in [3.8, 4) is 0 Å². The quantitative estimate of drug-likeness (QED) is 0.776. The van der Waals surface area contributed by atoms with Crippen LogP contribution in [0.4, 0.5) is 5.69 Å². The van der Waals surface area contributed by atoms with E-state index in [2.05, 4.69) is 5.32 Å². The molecule has 126 valence electrons. The molecule has 0 saturated heterocycles. The number of likely N-dealkylation sites (N-methyl/N-ethyl adjacent to an activating group) is 1. The van der Waals surface area contributed by atoms with Crippen molar-refractivity contribution in [2.45, 2.75) is 0 Å². The second-order valence-corrected chi connectivity index (χ2v) is 6.65. The Morgan fingerprint density at radius 2 is 1.54 bits per heavy atom. The molecular formula is C16H12Cl4N2O2. The summed E-state index contributed by atoms with van der Waals surface area (Å²) >= 11 is 23.8. The third-order valence-corrected chi connectivity index (χ3v) is 4.13. The Balaban J connectivity index is 2.07. The van der Waals surface area contributed by atoms with Crippen molar-refractivity contribution < 1.29 is 9.59 Å². The van der Waals surface area contributed by atoms with Gasteiger partial charge in [-0.05, 0) is 30.3 Å². The third-order valence-electron chi connectivity index (χ3n) is 3.06. The van der Waals surface area contributed by atoms with Gasteiger partial charge in [0.1, 0.15) is 0 Å². The lowest BCUT2D eigenvalue weighted by Gasteiger charge is -2.18. The molecule has 0 unspecified atom stereocenters. The van der Waals surface area contributed by atoms with Crippen LogP contribution < -0.4 is 5.32 Å². The molecule has 0 aliphatic rings. The highest BCUT2D eigenvalue weighted by atomic mass is 35.5. The normalized spacial score (nSPS) is 10.4. The maximum absolute atomic E-state index is 12.3. The van der Waals surface area contributed by atoms with E-state index in [4.69, 9.17) is 46.4 Å². The van der Waals surface area contributed by atoms with E-state index in [1.54, 1.807) is 18.2 Å². The largest absolute Gasteiger partial charge is 0.332 e. The zero-order valence-corrected chi connectivity index (χ0v) is 15.5. The van der Waals surface area contributed by atoms with Crippen LogP contribution in [0.1, 0.15) is 10.4 Å². The molecule has 2 amide bonds. The molecule has 0 aliphatic carbocycles. The summed E-state index contributed by atoms with van der Waals surface area (Å²) in [5.74, 6) is -0.825. The first-order chi connectivity index (χ1) is 11.3. The van der Waals surface area contributed by atoms with Crippen molar-refractivity contribution in [1.29, 1.82) is 0 Å². The van der Waals surface area contributed by atoms with Gasteiger partial charge in [-0.2, -0.15) is 0 Å². The van der Waals surface area contributed by atoms with Gasteiger partial charge in [-0.25, -0.2) is 0 Å². The summed E-state index contributed by atoms with van der Waals surface area (Å²) in [6.07, 6.45) is 0. The Bertz CT molecular complexity index is 755. The predicted octanol–water partition coefficient (Wildman–Crippen LogP) is 5.01. The Morgan fingerprint density at radius 1 is 1.00 bits per heavy atom. The Hall–Kier alpha value is -1.46. The van der Waals surface area contributed by atoms with Gasteiger partial charge in [-0.1, -0.05) is 52.5 Å². The minimum atomic E-state index is -0.436. The summed E-state index contributed by atoms with van der Waals surface area (Å²) in [5.41, 5.74) is 0.594. The monoisotopic (exact) mass is 404 g/mol. The number of para-hydroxylation sites is 1. The third kappa shape index (κ3) is 4.77. The summed E-state index contributed by atoms with van der Waals surface area (Å²) in [5, 5.41) is 3.89. The van der Waals surface area contributed by atoms with Gasteiger partial charge in [0, 0.05) is 22.7 Å². The SMILES string of the molecule is CN(CC(=O)Nc1c(Cl)cccc1Cl)C(=O)c1cc(Cl)cc(Cl)c1. The fourth-order valence-electron chi connectivity index (χ4n) is 1.98. The number of amides is 2. The van der Waals surface area contributed by atoms with E-state index in [1.165, 1.54) is 30.1 Å². The van der Waals surface area contributed by atoms with Gasteiger partial charge in [-0.3, -0.25) is 9.59 Å². The number of hydrogen-bond acceptors (Lipinski definition) is 2. The van der Waals surface area contributed by atoms with Gasteiger partial charge in [0.05, 0.1) is 22.3 Å². The lowest BCUT2D eigenvalue weighted by molar-refractivity contribution is -0.116. The van der Waals surface area contributed by atoms with Crippen molar-refractivity contribution in [2.75, 3.05) is 18.9 Å². The zero-order valence-electron chi connectivity index (χ0n) is 12.4. The van der Waals surface area contributed by atoms with Gasteiger partial charge in [0.2, 0.25) is 5.91 Å². The average molecular weight is 406 g/mol. The maximum atomic E-state index is 12.3. The van der Waals surface area contributed by atoms with Gasteiger partial charge in [0.25, 0.3) is 5.91 Å². The van der Waals surface area contributed by atoms with Crippen molar-refractivity contribution in [1.82, 2.24) is 4.90 Å². The number of hydrogen-bond donors (Lipinski definition) is 1. The molecule has 2 aromatic rings. The second kappa shape index (κ2) is 8.08. The van der Waals surface area contributed by atoms with E-state index in [-0.39, 0.29) is 12.5 Å². The molecule has 0 fully saturated rings. The summed E-state index contributed by atoms with van der Waals surface area (Å²) in [7, 11) is 1.49. The lowest BCUT2D eigenvalue weighted by atomic mass is 10.2. The van der Waals surface area contributed by atoms with E-state index in [0.717, 1.165) is 0 Å². The van der Waals surface area contributed by atoms with Crippen LogP contribution >= 0.6 is 46.4 Å². The smallest absolute Gasteiger partial charge is 0.254 e. The van der Waals surface area contributed by atoms with E-state index in [0.29, 0.717) is 31.3 Å². The van der Waals surface area contributed by atoms with Crippen LogP contribution in [0.2, 0.25) is 20.1 Å². The minimum absolute atomic E-state index is 0.190. The van der Waals surface area contributed by atoms with Gasteiger partial charge in [0.15, 0.2) is 0 Å². The van der Waals surface area contributed by atoms with Crippen LogP contribution in [0.25, 0.3) is 0 Å². The highest BCUT2D eigenvalue weighted by Gasteiger charge is 2.17. The number of anilines is 1. The molecule has 24 heavy (non-hydrogen) atoms. The molecule has 0 radical (unpaired) electrons. The number of carbonyl (C=O) groups is 2. The van der Waals surface area contributed by atoms with Gasteiger partial charge >= 0.3 is 0 Å². The molecule has 0 spiro atoms. The van der Waals surface area contributed by atoms with Crippen LogP contribution in [-0.4, -0.2) is 30.3 Å². The molecular weight excluding hydrogens is 394 g/mol. The Morgan fingerprint density at radius 3 is 2.08 bits per heavy atom. The summed E-state index contributed by atoms with van der Waals surface area (Å²) in [6.45, 7) is -0.190. The standard InChI is InChI=1S/C16H12Cl4N2O2/c1-22(16(24)9-5-10(17)7-11(18)6-9)8-14(23)21-15-12(19)3-2-4-13(15)20/h2-7H,8H2,1H3,(H,21,23). The molecule has 4 nitrogen and oxygen atoms in total. The maximum Gasteiger partial charge on any atom is 0.254 e. The lowest BCUT2D eigenvalue weighted by Crippen LogP contribution is -2.35. The highest BCUT2D eigenvalue weighted by Crippen LogP contribution is 2.29. The topological polar surface area (TPSA) is 49.4 Å². The van der Waals surface area contributed by atoms with Crippen LogP contribution in [0.5, 0.6) is 0 Å². The molecule has 0 atom stereocenters. The van der Waals surface area contributed by atoms with E-state index < -0.39 is 5.91 Å². The Labute approximate surface area is 159 Å². The first-order valence-corrected chi connectivity index (χ1v) is 8.24. The van der Waals surface area contributed by atoms with Gasteiger partial charge < -0.3 is 10.2 Å². The fourth-order valence-corrected chi connectivity index (χ4v) is 3.00. The number of nitrogens with zero attached hydrogens (tertiary/aromatic N) is 1. The summed E-state index contributed by atoms with van der Waals surface area (Å²) in [4.78, 5) is 25.7. The van der Waals surface area contributed by atoms with E-state index >= 15 is 0 Å². The van der Waals surface area contributed by atoms with Crippen LogP contribution in [0, 0.1) is 0 Å². The first-order valence-electron chi connectivity index (χ1n) is 6.73. The molecule has 0 aliphatic heterocycles. The van der Waals surface area contributed by atoms with Gasteiger partial charge in [-0.15, -0.1) is 0 Å². The molecule has 0 aromatic heterocycles. The van der Waals surface area contributed by atoms with Crippen LogP contribution in [0.3, 0.4) is 0 Å². The van der Waals surface area contributed by atoms with E-state index in [1.807, 2.05) is 0 Å². The number of halogens is 4. The molecule has 2 rings (SSSR count). The molecule has 8 heteroatoms. The van der Waals surface area contributed by atoms with E-state index in [9.17, 15) is 9.59 Å². The van der Waals surface area contributed by atoms with Crippen LogP contribution in [-0.2, 0) is 4.79 Å². The number of rotatable bonds is 4. The Kier molecular flexibility index (Phi) is 6.35. The van der Waals surface area contributed by atoms with Crippen molar-refractivity contribution >= 4 is 63.9 Å². The molecule has 1 N–H and O–H groups in total. The molecule has 0 heterocycles. The molecule has 2 aromatic carbocycles. The first kappa shape index (κ1) is 18.9. The van der Waals surface area contributed by atoms with Crippen molar-refractivity contribution in [3.63, 3.8) is 0 Å². The second-order valence-electron chi connectivity index (χ2n) is 4.96. The van der Waals surface area contributed by atoms with Crippen molar-refractivity contribution in [3.05, 3.63) is 62.1 Å². The summed E-state index contributed by atoms with van der Waals surface area (Å²) in [6, 6.07) is 9.35. The zero-order chi connectivity index (χ0) is 17.9. The summed E-state index contributed by atoms with van der Waals surface area (Å²) < 4.78 is 0. The molecule has 0 bridgehead atoms. The van der Waals surface area contributed by atoms with Crippen LogP contribution in [0.15, 0.2) is 36.4 Å². The van der Waals surface area contributed by atoms with Crippen molar-refractivity contribution in [2.24, 2.45) is 0 Å². The fraction of sp³-hybridized carbons (Fsp3) is 0.125. The number of benzene rings is 2.